The first-order valence-electron chi connectivity index (χ1n) is 29.2. The molecule has 0 saturated carbocycles. The van der Waals surface area contributed by atoms with E-state index in [9.17, 15) is 0 Å². The van der Waals surface area contributed by atoms with E-state index in [1.165, 1.54) is 150 Å². The van der Waals surface area contributed by atoms with Crippen molar-refractivity contribution in [1.29, 1.82) is 0 Å². The van der Waals surface area contributed by atoms with Crippen molar-refractivity contribution in [2.75, 3.05) is 49.3 Å². The van der Waals surface area contributed by atoms with Gasteiger partial charge >= 0.3 is 0 Å². The number of hydrogen-bond acceptors (Lipinski definition) is 0. The number of benzene rings is 8. The Morgan fingerprint density at radius 1 is 0.163 bits per heavy atom. The van der Waals surface area contributed by atoms with Gasteiger partial charge in [-0.3, -0.25) is 0 Å². The van der Waals surface area contributed by atoms with Crippen LogP contribution in [0.15, 0.2) is 243 Å². The van der Waals surface area contributed by atoms with Crippen LogP contribution in [0.25, 0.3) is 0 Å². The standard InChI is InChI=1S/C72H88P4.4BrH/c1-9-33-65(34-10-1)57-73(58-66-35-11-2-12-36-66)49-25-27-51-74(59-67-37-13-3-14-38-67,60-68-39-15-4-16-40-68)53-29-31-55-76(63-71-45-21-7-22-46-71,64-72-47-23-8-24-48-72)56-32-30-54-75(52-28-26-50-73,61-69-41-17-5-18-42-69)62-70-43-19-6-20-44-70;;;;/h1-24,33-48H,25-32,49-64H2;4*1H/q+4;;;;/p-4. The summed E-state index contributed by atoms with van der Waals surface area (Å²) in [5.41, 5.74) is 12.5. The van der Waals surface area contributed by atoms with Crippen LogP contribution in [0.3, 0.4) is 0 Å². The van der Waals surface area contributed by atoms with E-state index in [1.54, 1.807) is 44.5 Å². The van der Waals surface area contributed by atoms with Crippen molar-refractivity contribution in [3.8, 4) is 0 Å². The summed E-state index contributed by atoms with van der Waals surface area (Å²) in [5, 5.41) is 0. The molecule has 0 nitrogen and oxygen atoms in total. The van der Waals surface area contributed by atoms with Crippen molar-refractivity contribution in [2.24, 2.45) is 0 Å². The van der Waals surface area contributed by atoms with Crippen molar-refractivity contribution >= 4 is 29.0 Å². The topological polar surface area (TPSA) is 0 Å². The highest BCUT2D eigenvalue weighted by atomic mass is 79.9. The Bertz CT molecular complexity index is 2240. The maximum atomic E-state index is 2.45. The molecule has 1 aliphatic heterocycles. The molecule has 0 spiro atoms. The predicted octanol–water partition coefficient (Wildman–Crippen LogP) is 8.81. The average molecular weight is 1400 g/mol. The van der Waals surface area contributed by atoms with E-state index in [0.29, 0.717) is 0 Å². The molecule has 1 heterocycles. The Kier molecular flexibility index (Phi) is 30.9. The normalized spacial score (nSPS) is 16.6. The van der Waals surface area contributed by atoms with E-state index in [1.807, 2.05) is 0 Å². The van der Waals surface area contributed by atoms with Gasteiger partial charge in [0.15, 0.2) is 0 Å². The second-order valence-electron chi connectivity index (χ2n) is 23.1. The summed E-state index contributed by atoms with van der Waals surface area (Å²) in [6.07, 6.45) is 32.1. The maximum Gasteiger partial charge on any atom is 0.0846 e. The third-order valence-electron chi connectivity index (χ3n) is 16.9. The van der Waals surface area contributed by atoms with Gasteiger partial charge in [0, 0.05) is 29.0 Å². The fourth-order valence-corrected chi connectivity index (χ4v) is 32.2. The van der Waals surface area contributed by atoms with Crippen LogP contribution in [0.1, 0.15) is 95.9 Å². The maximum absolute atomic E-state index is 2.45. The number of halogens is 4. The highest BCUT2D eigenvalue weighted by Gasteiger charge is 2.44. The van der Waals surface area contributed by atoms with Gasteiger partial charge in [-0.05, 0) is 95.9 Å². The lowest BCUT2D eigenvalue weighted by molar-refractivity contribution is -0.00100. The molecule has 0 unspecified atom stereocenters. The van der Waals surface area contributed by atoms with E-state index < -0.39 is 29.0 Å². The van der Waals surface area contributed by atoms with Crippen LogP contribution < -0.4 is 67.9 Å². The Hall–Kier alpha value is -2.60. The summed E-state index contributed by atoms with van der Waals surface area (Å²) in [4.78, 5) is 0. The zero-order valence-corrected chi connectivity index (χ0v) is 57.3. The molecule has 8 aromatic carbocycles. The smallest absolute Gasteiger partial charge is 0.0846 e. The SMILES string of the molecule is [Br-].[Br-].[Br-].[Br-].c1ccc(C[P+]2(Cc3ccccc3)CCCC[P+](Cc3ccccc3)(Cc3ccccc3)CCCC[P+](Cc3ccccc3)(Cc3ccccc3)CCCC[P+](Cc3ccccc3)(Cc3ccccc3)CCCC2)cc1. The fourth-order valence-electron chi connectivity index (χ4n) is 13.3. The molecule has 8 aromatic rings. The Morgan fingerprint density at radius 2 is 0.263 bits per heavy atom. The Morgan fingerprint density at radius 3 is 0.362 bits per heavy atom. The van der Waals surface area contributed by atoms with E-state index in [4.69, 9.17) is 0 Å². The summed E-state index contributed by atoms with van der Waals surface area (Å²) >= 11 is 0. The molecule has 1 fully saturated rings. The molecule has 424 valence electrons. The van der Waals surface area contributed by atoms with Gasteiger partial charge < -0.3 is 67.9 Å². The largest absolute Gasteiger partial charge is 1.00 e. The molecule has 0 aromatic heterocycles. The van der Waals surface area contributed by atoms with Gasteiger partial charge in [-0.2, -0.15) is 0 Å². The number of rotatable bonds is 16. The lowest BCUT2D eigenvalue weighted by Crippen LogP contribution is -3.00. The molecule has 1 aliphatic rings. The molecule has 0 aliphatic carbocycles. The predicted molar refractivity (Wildman–Crippen MR) is 345 cm³/mol. The van der Waals surface area contributed by atoms with Gasteiger partial charge in [-0.15, -0.1) is 0 Å². The Balaban J connectivity index is 0.00000294. The van der Waals surface area contributed by atoms with Gasteiger partial charge in [-0.25, -0.2) is 0 Å². The molecular formula is C72H88Br4P4. The van der Waals surface area contributed by atoms with Crippen molar-refractivity contribution in [3.05, 3.63) is 287 Å². The summed E-state index contributed by atoms with van der Waals surface area (Å²) in [7, 11) is -5.81. The van der Waals surface area contributed by atoms with Crippen molar-refractivity contribution < 1.29 is 67.9 Å². The molecule has 8 heteroatoms. The molecule has 1 saturated heterocycles. The van der Waals surface area contributed by atoms with Gasteiger partial charge in [0.1, 0.15) is 0 Å². The summed E-state index contributed by atoms with van der Waals surface area (Å²) in [6, 6.07) is 93.8. The molecule has 0 radical (unpaired) electrons. The van der Waals surface area contributed by atoms with Crippen molar-refractivity contribution in [2.45, 2.75) is 101 Å². The lowest BCUT2D eigenvalue weighted by atomic mass is 10.2. The summed E-state index contributed by atoms with van der Waals surface area (Å²) in [6.45, 7) is 0. The van der Waals surface area contributed by atoms with Gasteiger partial charge in [0.25, 0.3) is 0 Å². The van der Waals surface area contributed by atoms with Crippen LogP contribution in [0.2, 0.25) is 0 Å². The van der Waals surface area contributed by atoms with Crippen LogP contribution in [-0.2, 0) is 49.3 Å². The van der Waals surface area contributed by atoms with Gasteiger partial charge in [-0.1, -0.05) is 243 Å². The van der Waals surface area contributed by atoms with E-state index in [-0.39, 0.29) is 67.9 Å². The van der Waals surface area contributed by atoms with E-state index in [2.05, 4.69) is 243 Å². The van der Waals surface area contributed by atoms with Crippen molar-refractivity contribution in [1.82, 2.24) is 0 Å². The minimum atomic E-state index is -1.45. The fraction of sp³-hybridized carbons (Fsp3) is 0.333. The lowest BCUT2D eigenvalue weighted by Gasteiger charge is -2.33. The van der Waals surface area contributed by atoms with Crippen LogP contribution in [0.5, 0.6) is 0 Å². The minimum absolute atomic E-state index is 0. The number of hydrogen-bond donors (Lipinski definition) is 0. The first-order valence-corrected chi connectivity index (χ1v) is 39.3. The minimum Gasteiger partial charge on any atom is -1.00 e. The summed E-state index contributed by atoms with van der Waals surface area (Å²) in [5.74, 6) is 0. The highest BCUT2D eigenvalue weighted by Crippen LogP contribution is 2.71. The third-order valence-corrected chi connectivity index (χ3v) is 35.4. The molecule has 0 N–H and O–H groups in total. The van der Waals surface area contributed by atoms with Crippen molar-refractivity contribution in [3.63, 3.8) is 0 Å². The van der Waals surface area contributed by atoms with E-state index in [0.717, 1.165) is 0 Å². The van der Waals surface area contributed by atoms with Crippen LogP contribution in [0.4, 0.5) is 0 Å². The quantitative estimate of drug-likeness (QED) is 0.0850. The third kappa shape index (κ3) is 22.1. The monoisotopic (exact) mass is 1390 g/mol. The van der Waals surface area contributed by atoms with Crippen LogP contribution in [0, 0.1) is 0 Å². The molecular weight excluding hydrogens is 1310 g/mol. The molecule has 9 rings (SSSR count). The Labute approximate surface area is 529 Å². The molecule has 0 amide bonds. The highest BCUT2D eigenvalue weighted by molar-refractivity contribution is 7.75. The van der Waals surface area contributed by atoms with Gasteiger partial charge in [0.05, 0.1) is 98.6 Å². The average Bonchev–Trinajstić information content (AvgIpc) is 3.47. The first kappa shape index (κ1) is 68.2. The first-order chi connectivity index (χ1) is 37.5. The summed E-state index contributed by atoms with van der Waals surface area (Å²) < 4.78 is 0. The van der Waals surface area contributed by atoms with Gasteiger partial charge in [0.2, 0.25) is 0 Å². The second kappa shape index (κ2) is 36.3. The zero-order chi connectivity index (χ0) is 51.9. The second-order valence-corrected chi connectivity index (χ2v) is 40.0. The van der Waals surface area contributed by atoms with Crippen LogP contribution >= 0.6 is 29.0 Å². The molecule has 80 heavy (non-hydrogen) atoms. The molecule has 0 bridgehead atoms. The van der Waals surface area contributed by atoms with Crippen LogP contribution in [-0.4, -0.2) is 49.3 Å². The van der Waals surface area contributed by atoms with E-state index >= 15 is 0 Å². The molecule has 0 atom stereocenters. The zero-order valence-electron chi connectivity index (χ0n) is 47.4.